The minimum Gasteiger partial charge on any atom is -0.490 e. The maximum atomic E-state index is 14.4. The third-order valence-electron chi connectivity index (χ3n) is 9.33. The summed E-state index contributed by atoms with van der Waals surface area (Å²) in [6.45, 7) is 9.93. The van der Waals surface area contributed by atoms with Crippen LogP contribution in [0.15, 0.2) is 89.4 Å². The first-order chi connectivity index (χ1) is 24.0. The minimum absolute atomic E-state index is 0.278. The first-order valence-corrected chi connectivity index (χ1v) is 17.9. The molecule has 0 aliphatic heterocycles. The number of ketones is 1. The predicted molar refractivity (Wildman–Crippen MR) is 200 cm³/mol. The van der Waals surface area contributed by atoms with Gasteiger partial charge >= 0.3 is 0 Å². The van der Waals surface area contributed by atoms with Gasteiger partial charge in [-0.05, 0) is 96.1 Å². The quantitative estimate of drug-likeness (QED) is 0.126. The van der Waals surface area contributed by atoms with E-state index in [1.165, 1.54) is 6.92 Å². The van der Waals surface area contributed by atoms with Crippen LogP contribution in [0.3, 0.4) is 0 Å². The third kappa shape index (κ3) is 8.11. The second-order valence-corrected chi connectivity index (χ2v) is 13.9. The third-order valence-corrected chi connectivity index (χ3v) is 9.92. The molecule has 8 nitrogen and oxygen atoms in total. The average Bonchev–Trinajstić information content (AvgIpc) is 3.07. The highest BCUT2D eigenvalue weighted by atomic mass is 79.9. The number of carbonyl (C=O) groups excluding carboxylic acids is 3. The Morgan fingerprint density at radius 3 is 2.08 bits per heavy atom. The fraction of sp³-hybridized carbons (Fsp3) is 0.341. The molecule has 0 bridgehead atoms. The number of hydrogen-bond donors (Lipinski definition) is 3. The van der Waals surface area contributed by atoms with Crippen molar-refractivity contribution in [3.05, 3.63) is 117 Å². The predicted octanol–water partition coefficient (Wildman–Crippen LogP) is 8.18. The van der Waals surface area contributed by atoms with Crippen LogP contribution in [-0.4, -0.2) is 34.9 Å². The number of nitrogens with one attached hydrogen (secondary N) is 2. The number of rotatable bonds is 12. The monoisotopic (exact) mass is 740 g/mol. The standard InChI is InChI=1S/C41H45BrN2O6/c1-6-27-16-9-11-18-31(27)43-39(46)36-33(45)23-41(5,48)37(40(47)44-32-19-12-10-17-28(32)7-2)35(36)29-21-30(42)38(34(22-29)49-8-3)50-24-26-15-13-14-25(4)20-26/h9-22,35-37,48H,6-8,23-24H2,1-5H3,(H,43,46)(H,44,47). The van der Waals surface area contributed by atoms with E-state index in [2.05, 4.69) is 26.6 Å². The van der Waals surface area contributed by atoms with Crippen molar-refractivity contribution in [3.63, 3.8) is 0 Å². The first-order valence-electron chi connectivity index (χ1n) is 17.1. The Kier molecular flexibility index (Phi) is 11.8. The molecule has 1 aliphatic carbocycles. The summed E-state index contributed by atoms with van der Waals surface area (Å²) < 4.78 is 12.9. The molecule has 1 aliphatic rings. The lowest BCUT2D eigenvalue weighted by atomic mass is 9.61. The number of ether oxygens (including phenoxy) is 2. The fourth-order valence-electron chi connectivity index (χ4n) is 6.95. The summed E-state index contributed by atoms with van der Waals surface area (Å²) in [5.74, 6) is -4.21. The Balaban J connectivity index is 1.62. The number of anilines is 2. The zero-order chi connectivity index (χ0) is 36.0. The Morgan fingerprint density at radius 2 is 1.48 bits per heavy atom. The number of benzene rings is 4. The number of aryl methyl sites for hydroxylation is 3. The van der Waals surface area contributed by atoms with Crippen molar-refractivity contribution in [1.82, 2.24) is 0 Å². The van der Waals surface area contributed by atoms with Gasteiger partial charge in [-0.15, -0.1) is 0 Å². The molecule has 9 heteroatoms. The van der Waals surface area contributed by atoms with Gasteiger partial charge in [0.2, 0.25) is 11.8 Å². The van der Waals surface area contributed by atoms with E-state index in [0.29, 0.717) is 52.4 Å². The van der Waals surface area contributed by atoms with Gasteiger partial charge in [0.1, 0.15) is 18.3 Å². The van der Waals surface area contributed by atoms with E-state index in [4.69, 9.17) is 9.47 Å². The molecule has 3 N–H and O–H groups in total. The summed E-state index contributed by atoms with van der Waals surface area (Å²) in [6.07, 6.45) is 0.974. The molecular formula is C41H45BrN2O6. The van der Waals surface area contributed by atoms with Crippen molar-refractivity contribution >= 4 is 44.9 Å². The number of amides is 2. The smallest absolute Gasteiger partial charge is 0.235 e. The molecule has 2 amide bonds. The van der Waals surface area contributed by atoms with Gasteiger partial charge in [-0.3, -0.25) is 14.4 Å². The van der Waals surface area contributed by atoms with Gasteiger partial charge in [0.15, 0.2) is 11.5 Å². The van der Waals surface area contributed by atoms with E-state index in [1.807, 2.05) is 94.4 Å². The normalized spacial score (nSPS) is 20.2. The summed E-state index contributed by atoms with van der Waals surface area (Å²) in [4.78, 5) is 42.8. The van der Waals surface area contributed by atoms with Crippen LogP contribution in [0.1, 0.15) is 67.9 Å². The van der Waals surface area contributed by atoms with Crippen LogP contribution in [0, 0.1) is 18.8 Å². The van der Waals surface area contributed by atoms with Crippen LogP contribution in [0.5, 0.6) is 11.5 Å². The highest BCUT2D eigenvalue weighted by molar-refractivity contribution is 9.10. The lowest BCUT2D eigenvalue weighted by Gasteiger charge is -2.44. The summed E-state index contributed by atoms with van der Waals surface area (Å²) in [6, 6.07) is 26.4. The molecule has 0 heterocycles. The van der Waals surface area contributed by atoms with Crippen LogP contribution in [0.4, 0.5) is 11.4 Å². The SMILES string of the molecule is CCOc1cc(C2C(C(=O)Nc3ccccc3CC)C(=O)CC(C)(O)C2C(=O)Nc2ccccc2CC)cc(Br)c1OCc1cccc(C)c1. The van der Waals surface area contributed by atoms with Crippen LogP contribution >= 0.6 is 15.9 Å². The van der Waals surface area contributed by atoms with Crippen molar-refractivity contribution in [2.45, 2.75) is 72.0 Å². The van der Waals surface area contributed by atoms with Gasteiger partial charge in [-0.2, -0.15) is 0 Å². The molecule has 5 rings (SSSR count). The van der Waals surface area contributed by atoms with Crippen molar-refractivity contribution in [1.29, 1.82) is 0 Å². The zero-order valence-corrected chi connectivity index (χ0v) is 30.8. The number of aliphatic hydroxyl groups is 1. The highest BCUT2D eigenvalue weighted by Gasteiger charge is 2.56. The fourth-order valence-corrected chi connectivity index (χ4v) is 7.53. The molecule has 0 aromatic heterocycles. The molecule has 0 radical (unpaired) electrons. The molecule has 1 fully saturated rings. The largest absolute Gasteiger partial charge is 0.490 e. The highest BCUT2D eigenvalue weighted by Crippen LogP contribution is 2.50. The van der Waals surface area contributed by atoms with Crippen molar-refractivity contribution in [2.24, 2.45) is 11.8 Å². The molecule has 0 spiro atoms. The van der Waals surface area contributed by atoms with Crippen molar-refractivity contribution < 1.29 is 29.0 Å². The summed E-state index contributed by atoms with van der Waals surface area (Å²) in [7, 11) is 0. The number of carbonyl (C=O) groups is 3. The molecule has 4 unspecified atom stereocenters. The maximum Gasteiger partial charge on any atom is 0.235 e. The maximum absolute atomic E-state index is 14.4. The van der Waals surface area contributed by atoms with E-state index in [-0.39, 0.29) is 13.0 Å². The average molecular weight is 742 g/mol. The second kappa shape index (κ2) is 16.0. The lowest BCUT2D eigenvalue weighted by Crippen LogP contribution is -2.56. The molecule has 50 heavy (non-hydrogen) atoms. The van der Waals surface area contributed by atoms with E-state index < -0.39 is 41.0 Å². The van der Waals surface area contributed by atoms with Gasteiger partial charge in [-0.25, -0.2) is 0 Å². The Hall–Kier alpha value is -4.47. The Bertz CT molecular complexity index is 1870. The van der Waals surface area contributed by atoms with E-state index in [0.717, 1.165) is 22.3 Å². The van der Waals surface area contributed by atoms with Crippen LogP contribution in [0.25, 0.3) is 0 Å². The van der Waals surface area contributed by atoms with Crippen LogP contribution < -0.4 is 20.1 Å². The molecule has 262 valence electrons. The van der Waals surface area contributed by atoms with Crippen LogP contribution in [0.2, 0.25) is 0 Å². The number of Topliss-reactive ketones (excluding diaryl/α,β-unsaturated/α-hetero) is 1. The van der Waals surface area contributed by atoms with E-state index in [9.17, 15) is 19.5 Å². The number of para-hydroxylation sites is 2. The lowest BCUT2D eigenvalue weighted by molar-refractivity contribution is -0.150. The molecule has 4 aromatic rings. The molecule has 4 aromatic carbocycles. The van der Waals surface area contributed by atoms with Gasteiger partial charge in [0.05, 0.1) is 22.6 Å². The molecule has 1 saturated carbocycles. The van der Waals surface area contributed by atoms with E-state index in [1.54, 1.807) is 18.2 Å². The summed E-state index contributed by atoms with van der Waals surface area (Å²) >= 11 is 3.67. The molecule has 4 atom stereocenters. The van der Waals surface area contributed by atoms with Gasteiger partial charge in [0, 0.05) is 23.7 Å². The van der Waals surface area contributed by atoms with Gasteiger partial charge < -0.3 is 25.2 Å². The van der Waals surface area contributed by atoms with E-state index >= 15 is 0 Å². The van der Waals surface area contributed by atoms with Crippen molar-refractivity contribution in [3.8, 4) is 11.5 Å². The minimum atomic E-state index is -1.77. The Morgan fingerprint density at radius 1 is 0.860 bits per heavy atom. The molecular weight excluding hydrogens is 696 g/mol. The molecule has 0 saturated heterocycles. The summed E-state index contributed by atoms with van der Waals surface area (Å²) in [5.41, 5.74) is 3.83. The zero-order valence-electron chi connectivity index (χ0n) is 29.2. The van der Waals surface area contributed by atoms with Gasteiger partial charge in [-0.1, -0.05) is 80.1 Å². The van der Waals surface area contributed by atoms with Crippen LogP contribution in [-0.2, 0) is 33.8 Å². The summed E-state index contributed by atoms with van der Waals surface area (Å²) in [5, 5.41) is 17.9. The number of hydrogen-bond acceptors (Lipinski definition) is 6. The van der Waals surface area contributed by atoms with Crippen molar-refractivity contribution in [2.75, 3.05) is 17.2 Å². The van der Waals surface area contributed by atoms with Gasteiger partial charge in [0.25, 0.3) is 0 Å². The topological polar surface area (TPSA) is 114 Å². The second-order valence-electron chi connectivity index (χ2n) is 13.0. The number of halogens is 1. The Labute approximate surface area is 302 Å². The first kappa shape index (κ1) is 36.8.